The molecule has 7 nitrogen and oxygen atoms in total. The minimum absolute atomic E-state index is 0.255. The topological polar surface area (TPSA) is 84.9 Å². The van der Waals surface area contributed by atoms with Crippen molar-refractivity contribution in [2.45, 2.75) is 26.8 Å². The molecule has 1 amide bonds. The SMILES string of the molecule is COc1ccc(N(CC(=O)N[C@@H](C)c2ccc(C)cc2C)S(C)(=O)=O)cc1OC. The van der Waals surface area contributed by atoms with Crippen LogP contribution in [0, 0.1) is 13.8 Å². The van der Waals surface area contributed by atoms with Crippen molar-refractivity contribution < 1.29 is 22.7 Å². The molecule has 2 aromatic rings. The minimum Gasteiger partial charge on any atom is -0.493 e. The molecule has 0 saturated carbocycles. The molecule has 0 spiro atoms. The van der Waals surface area contributed by atoms with Crippen molar-refractivity contribution in [1.29, 1.82) is 0 Å². The van der Waals surface area contributed by atoms with E-state index in [0.29, 0.717) is 17.2 Å². The number of carbonyl (C=O) groups excluding carboxylic acids is 1. The van der Waals surface area contributed by atoms with E-state index in [2.05, 4.69) is 5.32 Å². The average molecular weight is 421 g/mol. The van der Waals surface area contributed by atoms with Gasteiger partial charge in [0.1, 0.15) is 6.54 Å². The largest absolute Gasteiger partial charge is 0.493 e. The summed E-state index contributed by atoms with van der Waals surface area (Å²) in [5.74, 6) is 0.443. The van der Waals surface area contributed by atoms with Crippen LogP contribution < -0.4 is 19.1 Å². The van der Waals surface area contributed by atoms with Crippen molar-refractivity contribution in [3.63, 3.8) is 0 Å². The molecule has 0 aliphatic rings. The van der Waals surface area contributed by atoms with E-state index in [1.165, 1.54) is 20.3 Å². The van der Waals surface area contributed by atoms with Crippen molar-refractivity contribution in [3.8, 4) is 11.5 Å². The Morgan fingerprint density at radius 2 is 1.72 bits per heavy atom. The highest BCUT2D eigenvalue weighted by atomic mass is 32.2. The van der Waals surface area contributed by atoms with Crippen LogP contribution in [0.1, 0.15) is 29.7 Å². The standard InChI is InChI=1S/C21H28N2O5S/c1-14-7-9-18(15(2)11-14)16(3)22-21(24)13-23(29(6,25)26)17-8-10-19(27-4)20(12-17)28-5/h7-12,16H,13H2,1-6H3,(H,22,24)/t16-/m0/s1. The third-order valence-electron chi connectivity index (χ3n) is 4.61. The minimum atomic E-state index is -3.70. The monoisotopic (exact) mass is 420 g/mol. The van der Waals surface area contributed by atoms with Gasteiger partial charge in [-0.05, 0) is 44.0 Å². The van der Waals surface area contributed by atoms with E-state index in [9.17, 15) is 13.2 Å². The first-order valence-corrected chi connectivity index (χ1v) is 11.0. The van der Waals surface area contributed by atoms with Crippen LogP contribution in [0.2, 0.25) is 0 Å². The number of hydrogen-bond acceptors (Lipinski definition) is 5. The normalized spacial score (nSPS) is 12.2. The van der Waals surface area contributed by atoms with E-state index in [4.69, 9.17) is 9.47 Å². The van der Waals surface area contributed by atoms with Crippen LogP contribution in [0.15, 0.2) is 36.4 Å². The zero-order chi connectivity index (χ0) is 21.8. The Hall–Kier alpha value is -2.74. The molecule has 158 valence electrons. The number of amides is 1. The van der Waals surface area contributed by atoms with E-state index in [1.54, 1.807) is 12.1 Å². The van der Waals surface area contributed by atoms with E-state index in [0.717, 1.165) is 27.3 Å². The second kappa shape index (κ2) is 9.17. The van der Waals surface area contributed by atoms with Crippen LogP contribution in [0.5, 0.6) is 11.5 Å². The molecule has 0 unspecified atom stereocenters. The molecule has 0 aromatic heterocycles. The number of benzene rings is 2. The zero-order valence-electron chi connectivity index (χ0n) is 17.6. The maximum Gasteiger partial charge on any atom is 0.241 e. The predicted molar refractivity (Wildman–Crippen MR) is 114 cm³/mol. The summed E-state index contributed by atoms with van der Waals surface area (Å²) in [5, 5.41) is 2.88. The first-order chi connectivity index (χ1) is 13.6. The van der Waals surface area contributed by atoms with Gasteiger partial charge >= 0.3 is 0 Å². The zero-order valence-corrected chi connectivity index (χ0v) is 18.5. The molecule has 8 heteroatoms. The lowest BCUT2D eigenvalue weighted by Gasteiger charge is -2.24. The molecular weight excluding hydrogens is 392 g/mol. The Labute approximate surface area is 172 Å². The molecule has 2 aromatic carbocycles. The van der Waals surface area contributed by atoms with Crippen molar-refractivity contribution in [2.24, 2.45) is 0 Å². The Kier molecular flexibility index (Phi) is 7.13. The van der Waals surface area contributed by atoms with Crippen LogP contribution >= 0.6 is 0 Å². The van der Waals surface area contributed by atoms with Gasteiger partial charge in [-0.1, -0.05) is 23.8 Å². The van der Waals surface area contributed by atoms with Crippen LogP contribution in [-0.2, 0) is 14.8 Å². The third-order valence-corrected chi connectivity index (χ3v) is 5.75. The Morgan fingerprint density at radius 1 is 1.07 bits per heavy atom. The number of sulfonamides is 1. The van der Waals surface area contributed by atoms with E-state index in [1.807, 2.05) is 39.0 Å². The number of rotatable bonds is 8. The van der Waals surface area contributed by atoms with Crippen molar-refractivity contribution in [2.75, 3.05) is 31.3 Å². The number of hydrogen-bond donors (Lipinski definition) is 1. The molecule has 2 rings (SSSR count). The molecule has 0 heterocycles. The Balaban J connectivity index is 2.23. The second-order valence-corrected chi connectivity index (χ2v) is 8.86. The lowest BCUT2D eigenvalue weighted by molar-refractivity contribution is -0.120. The van der Waals surface area contributed by atoms with Gasteiger partial charge in [0.15, 0.2) is 11.5 Å². The highest BCUT2D eigenvalue weighted by Gasteiger charge is 2.23. The number of carbonyl (C=O) groups is 1. The molecule has 0 bridgehead atoms. The maximum atomic E-state index is 12.6. The quantitative estimate of drug-likeness (QED) is 0.710. The third kappa shape index (κ3) is 5.63. The summed E-state index contributed by atoms with van der Waals surface area (Å²) < 4.78 is 36.2. The van der Waals surface area contributed by atoms with Gasteiger partial charge in [0, 0.05) is 6.07 Å². The first kappa shape index (κ1) is 22.5. The van der Waals surface area contributed by atoms with Gasteiger partial charge < -0.3 is 14.8 Å². The molecule has 1 atom stereocenters. The number of methoxy groups -OCH3 is 2. The highest BCUT2D eigenvalue weighted by molar-refractivity contribution is 7.92. The Morgan fingerprint density at radius 3 is 2.28 bits per heavy atom. The fourth-order valence-electron chi connectivity index (χ4n) is 3.19. The number of anilines is 1. The van der Waals surface area contributed by atoms with Crippen LogP contribution in [0.4, 0.5) is 5.69 Å². The number of nitrogens with zero attached hydrogens (tertiary/aromatic N) is 1. The van der Waals surface area contributed by atoms with Gasteiger partial charge in [-0.3, -0.25) is 9.10 Å². The van der Waals surface area contributed by atoms with Crippen molar-refractivity contribution in [1.82, 2.24) is 5.32 Å². The van der Waals surface area contributed by atoms with Gasteiger partial charge in [-0.25, -0.2) is 8.42 Å². The molecule has 0 aliphatic carbocycles. The summed E-state index contributed by atoms with van der Waals surface area (Å²) in [7, 11) is -0.739. The summed E-state index contributed by atoms with van der Waals surface area (Å²) in [5.41, 5.74) is 3.51. The number of aryl methyl sites for hydroxylation is 2. The van der Waals surface area contributed by atoms with Gasteiger partial charge in [0.25, 0.3) is 0 Å². The van der Waals surface area contributed by atoms with Gasteiger partial charge in [-0.2, -0.15) is 0 Å². The number of ether oxygens (including phenoxy) is 2. The molecule has 0 aliphatic heterocycles. The van der Waals surface area contributed by atoms with Crippen LogP contribution in [0.3, 0.4) is 0 Å². The molecule has 0 saturated heterocycles. The number of nitrogens with one attached hydrogen (secondary N) is 1. The van der Waals surface area contributed by atoms with E-state index in [-0.39, 0.29) is 12.6 Å². The summed E-state index contributed by atoms with van der Waals surface area (Å²) in [6, 6.07) is 10.4. The van der Waals surface area contributed by atoms with Gasteiger partial charge in [0.2, 0.25) is 15.9 Å². The second-order valence-electron chi connectivity index (χ2n) is 6.96. The predicted octanol–water partition coefficient (Wildman–Crippen LogP) is 2.96. The fourth-order valence-corrected chi connectivity index (χ4v) is 4.04. The Bertz CT molecular complexity index is 989. The molecule has 1 N–H and O–H groups in total. The van der Waals surface area contributed by atoms with Gasteiger partial charge in [-0.15, -0.1) is 0 Å². The molecule has 0 fully saturated rings. The average Bonchev–Trinajstić information content (AvgIpc) is 2.64. The maximum absolute atomic E-state index is 12.6. The summed E-state index contributed by atoms with van der Waals surface area (Å²) in [4.78, 5) is 12.6. The van der Waals surface area contributed by atoms with Crippen LogP contribution in [-0.4, -0.2) is 41.3 Å². The fraction of sp³-hybridized carbons (Fsp3) is 0.381. The summed E-state index contributed by atoms with van der Waals surface area (Å²) in [6.45, 7) is 5.52. The van der Waals surface area contributed by atoms with Crippen LogP contribution in [0.25, 0.3) is 0 Å². The lowest BCUT2D eigenvalue weighted by Crippen LogP contribution is -2.41. The molecule has 0 radical (unpaired) electrons. The smallest absolute Gasteiger partial charge is 0.241 e. The van der Waals surface area contributed by atoms with E-state index < -0.39 is 15.9 Å². The van der Waals surface area contributed by atoms with E-state index >= 15 is 0 Å². The molecule has 29 heavy (non-hydrogen) atoms. The first-order valence-electron chi connectivity index (χ1n) is 9.13. The summed E-state index contributed by atoms with van der Waals surface area (Å²) >= 11 is 0. The van der Waals surface area contributed by atoms with Crippen molar-refractivity contribution >= 4 is 21.6 Å². The summed E-state index contributed by atoms with van der Waals surface area (Å²) in [6.07, 6.45) is 1.06. The highest BCUT2D eigenvalue weighted by Crippen LogP contribution is 2.32. The van der Waals surface area contributed by atoms with Crippen molar-refractivity contribution in [3.05, 3.63) is 53.1 Å². The van der Waals surface area contributed by atoms with Gasteiger partial charge in [0.05, 0.1) is 32.2 Å². The molecular formula is C21H28N2O5S. The lowest BCUT2D eigenvalue weighted by atomic mass is 10.0.